The molecule has 1 heterocycles. The molecule has 5 nitrogen and oxygen atoms in total. The molecule has 1 saturated heterocycles. The van der Waals surface area contributed by atoms with Gasteiger partial charge in [-0.05, 0) is 31.8 Å². The zero-order valence-corrected chi connectivity index (χ0v) is 8.79. The lowest BCUT2D eigenvalue weighted by molar-refractivity contribution is -0.136. The van der Waals surface area contributed by atoms with Crippen LogP contribution in [0.15, 0.2) is 0 Å². The summed E-state index contributed by atoms with van der Waals surface area (Å²) in [6.45, 7) is 2.28. The SMILES string of the molecule is O=C(O)CCNC(=O)CCC1CCNC1. The van der Waals surface area contributed by atoms with E-state index in [-0.39, 0.29) is 18.9 Å². The summed E-state index contributed by atoms with van der Waals surface area (Å²) in [7, 11) is 0. The molecule has 0 saturated carbocycles. The molecule has 0 radical (unpaired) electrons. The van der Waals surface area contributed by atoms with Crippen LogP contribution in [0.4, 0.5) is 0 Å². The van der Waals surface area contributed by atoms with Crippen molar-refractivity contribution in [2.24, 2.45) is 5.92 Å². The Labute approximate surface area is 89.2 Å². The molecule has 1 aliphatic rings. The van der Waals surface area contributed by atoms with Crippen LogP contribution in [0.2, 0.25) is 0 Å². The van der Waals surface area contributed by atoms with E-state index in [4.69, 9.17) is 5.11 Å². The molecule has 3 N–H and O–H groups in total. The van der Waals surface area contributed by atoms with Gasteiger partial charge in [0.15, 0.2) is 0 Å². The third-order valence-electron chi connectivity index (χ3n) is 2.60. The fourth-order valence-electron chi connectivity index (χ4n) is 1.69. The van der Waals surface area contributed by atoms with E-state index in [0.717, 1.165) is 25.9 Å². The summed E-state index contributed by atoms with van der Waals surface area (Å²) >= 11 is 0. The van der Waals surface area contributed by atoms with Gasteiger partial charge in [-0.15, -0.1) is 0 Å². The van der Waals surface area contributed by atoms with Gasteiger partial charge in [-0.2, -0.15) is 0 Å². The van der Waals surface area contributed by atoms with Gasteiger partial charge in [0.1, 0.15) is 0 Å². The molecule has 1 aliphatic heterocycles. The molecular weight excluding hydrogens is 196 g/mol. The maximum absolute atomic E-state index is 11.3. The topological polar surface area (TPSA) is 78.4 Å². The second kappa shape index (κ2) is 6.40. The number of amides is 1. The quantitative estimate of drug-likeness (QED) is 0.580. The van der Waals surface area contributed by atoms with Crippen molar-refractivity contribution in [3.8, 4) is 0 Å². The molecule has 5 heteroatoms. The van der Waals surface area contributed by atoms with Gasteiger partial charge < -0.3 is 15.7 Å². The van der Waals surface area contributed by atoms with E-state index >= 15 is 0 Å². The highest BCUT2D eigenvalue weighted by atomic mass is 16.4. The van der Waals surface area contributed by atoms with Crippen molar-refractivity contribution in [1.82, 2.24) is 10.6 Å². The average Bonchev–Trinajstić information content (AvgIpc) is 2.66. The predicted octanol–water partition coefficient (Wildman–Crippen LogP) is -0.0330. The number of carboxylic acids is 1. The van der Waals surface area contributed by atoms with Gasteiger partial charge >= 0.3 is 5.97 Å². The van der Waals surface area contributed by atoms with Crippen molar-refractivity contribution in [2.75, 3.05) is 19.6 Å². The molecule has 1 amide bonds. The normalized spacial score (nSPS) is 20.1. The molecule has 1 rings (SSSR count). The molecular formula is C10H18N2O3. The standard InChI is InChI=1S/C10H18N2O3/c13-9(12-6-4-10(14)15)2-1-8-3-5-11-7-8/h8,11H,1-7H2,(H,12,13)(H,14,15). The van der Waals surface area contributed by atoms with Gasteiger partial charge in [0, 0.05) is 13.0 Å². The van der Waals surface area contributed by atoms with Crippen LogP contribution in [0.1, 0.15) is 25.7 Å². The first-order valence-electron chi connectivity index (χ1n) is 5.37. The lowest BCUT2D eigenvalue weighted by Gasteiger charge is -2.07. The Bertz CT molecular complexity index is 225. The summed E-state index contributed by atoms with van der Waals surface area (Å²) in [5, 5.41) is 14.2. The van der Waals surface area contributed by atoms with Crippen LogP contribution in [-0.4, -0.2) is 36.6 Å². The van der Waals surface area contributed by atoms with Crippen molar-refractivity contribution in [1.29, 1.82) is 0 Å². The first-order chi connectivity index (χ1) is 7.18. The monoisotopic (exact) mass is 214 g/mol. The first-order valence-corrected chi connectivity index (χ1v) is 5.37. The molecule has 1 unspecified atom stereocenters. The van der Waals surface area contributed by atoms with Crippen molar-refractivity contribution < 1.29 is 14.7 Å². The number of hydrogen-bond acceptors (Lipinski definition) is 3. The lowest BCUT2D eigenvalue weighted by atomic mass is 10.0. The van der Waals surface area contributed by atoms with Crippen LogP contribution in [0.25, 0.3) is 0 Å². The van der Waals surface area contributed by atoms with Crippen LogP contribution >= 0.6 is 0 Å². The maximum Gasteiger partial charge on any atom is 0.305 e. The van der Waals surface area contributed by atoms with Crippen LogP contribution in [0.3, 0.4) is 0 Å². The van der Waals surface area contributed by atoms with Gasteiger partial charge in [0.05, 0.1) is 6.42 Å². The zero-order chi connectivity index (χ0) is 11.1. The van der Waals surface area contributed by atoms with Crippen LogP contribution < -0.4 is 10.6 Å². The second-order valence-electron chi connectivity index (χ2n) is 3.89. The molecule has 0 spiro atoms. The molecule has 0 aromatic heterocycles. The summed E-state index contributed by atoms with van der Waals surface area (Å²) in [4.78, 5) is 21.4. The van der Waals surface area contributed by atoms with Crippen LogP contribution in [-0.2, 0) is 9.59 Å². The minimum atomic E-state index is -0.879. The number of nitrogens with one attached hydrogen (secondary N) is 2. The van der Waals surface area contributed by atoms with E-state index in [9.17, 15) is 9.59 Å². The summed E-state index contributed by atoms with van der Waals surface area (Å²) in [6.07, 6.45) is 2.54. The largest absolute Gasteiger partial charge is 0.481 e. The third kappa shape index (κ3) is 5.37. The summed E-state index contributed by atoms with van der Waals surface area (Å²) in [5.41, 5.74) is 0. The van der Waals surface area contributed by atoms with Gasteiger partial charge in [0.2, 0.25) is 5.91 Å². The summed E-state index contributed by atoms with van der Waals surface area (Å²) in [5.74, 6) is -0.311. The van der Waals surface area contributed by atoms with Crippen molar-refractivity contribution in [2.45, 2.75) is 25.7 Å². The number of hydrogen-bond donors (Lipinski definition) is 3. The number of aliphatic carboxylic acids is 1. The fraction of sp³-hybridized carbons (Fsp3) is 0.800. The van der Waals surface area contributed by atoms with Gasteiger partial charge in [0.25, 0.3) is 0 Å². The molecule has 0 bridgehead atoms. The predicted molar refractivity (Wildman–Crippen MR) is 55.5 cm³/mol. The average molecular weight is 214 g/mol. The van der Waals surface area contributed by atoms with E-state index in [2.05, 4.69) is 10.6 Å². The minimum absolute atomic E-state index is 0.00325. The molecule has 0 aromatic carbocycles. The van der Waals surface area contributed by atoms with E-state index in [0.29, 0.717) is 12.3 Å². The highest BCUT2D eigenvalue weighted by molar-refractivity contribution is 5.76. The molecule has 15 heavy (non-hydrogen) atoms. The van der Waals surface area contributed by atoms with Gasteiger partial charge in [-0.1, -0.05) is 0 Å². The second-order valence-corrected chi connectivity index (χ2v) is 3.89. The number of carbonyl (C=O) groups is 2. The fourth-order valence-corrected chi connectivity index (χ4v) is 1.69. The third-order valence-corrected chi connectivity index (χ3v) is 2.60. The molecule has 1 atom stereocenters. The van der Waals surface area contributed by atoms with E-state index < -0.39 is 5.97 Å². The van der Waals surface area contributed by atoms with Crippen LogP contribution in [0, 0.1) is 5.92 Å². The Hall–Kier alpha value is -1.10. The molecule has 86 valence electrons. The van der Waals surface area contributed by atoms with Crippen molar-refractivity contribution >= 4 is 11.9 Å². The zero-order valence-electron chi connectivity index (χ0n) is 8.79. The number of carboxylic acid groups (broad SMARTS) is 1. The van der Waals surface area contributed by atoms with Crippen molar-refractivity contribution in [3.63, 3.8) is 0 Å². The van der Waals surface area contributed by atoms with E-state index in [1.807, 2.05) is 0 Å². The van der Waals surface area contributed by atoms with Gasteiger partial charge in [-0.25, -0.2) is 0 Å². The Morgan fingerprint density at radius 2 is 2.20 bits per heavy atom. The lowest BCUT2D eigenvalue weighted by Crippen LogP contribution is -2.26. The van der Waals surface area contributed by atoms with Crippen molar-refractivity contribution in [3.05, 3.63) is 0 Å². The van der Waals surface area contributed by atoms with E-state index in [1.54, 1.807) is 0 Å². The summed E-state index contributed by atoms with van der Waals surface area (Å²) in [6, 6.07) is 0. The Morgan fingerprint density at radius 3 is 2.80 bits per heavy atom. The number of rotatable bonds is 6. The Morgan fingerprint density at radius 1 is 1.40 bits per heavy atom. The van der Waals surface area contributed by atoms with Crippen LogP contribution in [0.5, 0.6) is 0 Å². The highest BCUT2D eigenvalue weighted by Crippen LogP contribution is 2.13. The first kappa shape index (κ1) is 12.0. The Balaban J connectivity index is 2.00. The Kier molecular flexibility index (Phi) is 5.10. The smallest absolute Gasteiger partial charge is 0.305 e. The molecule has 0 aliphatic carbocycles. The summed E-state index contributed by atoms with van der Waals surface area (Å²) < 4.78 is 0. The molecule has 1 fully saturated rings. The van der Waals surface area contributed by atoms with Gasteiger partial charge in [-0.3, -0.25) is 9.59 Å². The highest BCUT2D eigenvalue weighted by Gasteiger charge is 2.15. The van der Waals surface area contributed by atoms with E-state index in [1.165, 1.54) is 0 Å². The maximum atomic E-state index is 11.3. The minimum Gasteiger partial charge on any atom is -0.481 e. The number of carbonyl (C=O) groups excluding carboxylic acids is 1. The molecule has 0 aromatic rings.